The van der Waals surface area contributed by atoms with Gasteiger partial charge in [-0.1, -0.05) is 12.1 Å². The Bertz CT molecular complexity index is 1020. The number of nitrogens with zero attached hydrogens (tertiary/aromatic N) is 1. The van der Waals surface area contributed by atoms with Crippen molar-refractivity contribution in [2.75, 3.05) is 21.2 Å². The van der Waals surface area contributed by atoms with E-state index in [1.54, 1.807) is 31.1 Å². The molecule has 1 amide bonds. The molecule has 4 rings (SSSR count). The van der Waals surface area contributed by atoms with Crippen LogP contribution in [0.3, 0.4) is 0 Å². The number of phenolic OH excluding ortho intramolecular Hbond substituents is 1. The van der Waals surface area contributed by atoms with Crippen molar-refractivity contribution in [2.24, 2.45) is 23.5 Å². The molecule has 0 bridgehead atoms. The maximum absolute atomic E-state index is 13.4. The Hall–Kier alpha value is -2.75. The molecule has 5 N–H and O–H groups in total. The van der Waals surface area contributed by atoms with E-state index in [2.05, 4.69) is 0 Å². The third-order valence-electron chi connectivity index (χ3n) is 7.08. The first-order valence-corrected chi connectivity index (χ1v) is 10.1. The number of aromatic hydroxyl groups is 1. The van der Waals surface area contributed by atoms with Crippen LogP contribution in [0.1, 0.15) is 22.3 Å². The van der Waals surface area contributed by atoms with Gasteiger partial charge in [-0.3, -0.25) is 14.4 Å². The molecule has 3 aliphatic rings. The van der Waals surface area contributed by atoms with E-state index in [4.69, 9.17) is 10.5 Å². The van der Waals surface area contributed by atoms with Crippen molar-refractivity contribution in [2.45, 2.75) is 30.6 Å². The van der Waals surface area contributed by atoms with E-state index in [1.807, 2.05) is 0 Å². The van der Waals surface area contributed by atoms with E-state index >= 15 is 0 Å². The predicted octanol–water partition coefficient (Wildman–Crippen LogP) is -0.0603. The second-order valence-corrected chi connectivity index (χ2v) is 8.81. The second-order valence-electron chi connectivity index (χ2n) is 8.81. The Morgan fingerprint density at radius 2 is 1.94 bits per heavy atom. The van der Waals surface area contributed by atoms with Crippen molar-refractivity contribution >= 4 is 17.5 Å². The molecule has 3 unspecified atom stereocenters. The van der Waals surface area contributed by atoms with Crippen molar-refractivity contribution in [3.63, 3.8) is 0 Å². The minimum absolute atomic E-state index is 0.0518. The number of ether oxygens (including phenoxy) is 1. The number of primary amides is 1. The summed E-state index contributed by atoms with van der Waals surface area (Å²) in [4.78, 5) is 40.5. The van der Waals surface area contributed by atoms with E-state index < -0.39 is 58.7 Å². The van der Waals surface area contributed by atoms with Crippen molar-refractivity contribution in [1.29, 1.82) is 0 Å². The lowest BCUT2D eigenvalue weighted by Gasteiger charge is -2.54. The fourth-order valence-electron chi connectivity index (χ4n) is 5.79. The van der Waals surface area contributed by atoms with E-state index in [9.17, 15) is 29.7 Å². The maximum atomic E-state index is 13.4. The number of rotatable bonds is 3. The molecule has 0 heterocycles. The van der Waals surface area contributed by atoms with Gasteiger partial charge in [0.15, 0.2) is 17.2 Å². The van der Waals surface area contributed by atoms with Crippen LogP contribution in [-0.2, 0) is 20.7 Å². The number of hydrogen-bond acceptors (Lipinski definition) is 8. The van der Waals surface area contributed by atoms with Crippen molar-refractivity contribution in [3.8, 4) is 5.75 Å². The number of carbonyl (C=O) groups excluding carboxylic acids is 3. The van der Waals surface area contributed by atoms with Crippen LogP contribution in [-0.4, -0.2) is 76.6 Å². The van der Waals surface area contributed by atoms with E-state index in [-0.39, 0.29) is 23.3 Å². The van der Waals surface area contributed by atoms with Gasteiger partial charge in [0.2, 0.25) is 5.91 Å². The van der Waals surface area contributed by atoms with Gasteiger partial charge < -0.3 is 30.7 Å². The monoisotopic (exact) mass is 430 g/mol. The minimum atomic E-state index is -2.47. The fourth-order valence-corrected chi connectivity index (χ4v) is 5.79. The van der Waals surface area contributed by atoms with Crippen LogP contribution in [0.25, 0.3) is 0 Å². The molecule has 1 aromatic rings. The lowest BCUT2D eigenvalue weighted by Crippen LogP contribution is -2.71. The molecule has 0 saturated heterocycles. The molecule has 1 saturated carbocycles. The lowest BCUT2D eigenvalue weighted by atomic mass is 9.56. The molecule has 0 aromatic heterocycles. The third kappa shape index (κ3) is 2.77. The number of ketones is 2. The first kappa shape index (κ1) is 21.5. The normalized spacial score (nSPS) is 34.9. The Labute approximate surface area is 179 Å². The number of phenols is 1. The molecule has 166 valence electrons. The Kier molecular flexibility index (Phi) is 4.95. The molecule has 9 nitrogen and oxygen atoms in total. The topological polar surface area (TPSA) is 150 Å². The summed E-state index contributed by atoms with van der Waals surface area (Å²) >= 11 is 0. The molecule has 3 aliphatic carbocycles. The molecular weight excluding hydrogens is 404 g/mol. The number of nitrogens with two attached hydrogens (primary N) is 1. The Morgan fingerprint density at radius 3 is 2.52 bits per heavy atom. The smallest absolute Gasteiger partial charge is 0.230 e. The average molecular weight is 430 g/mol. The van der Waals surface area contributed by atoms with E-state index in [1.165, 1.54) is 13.2 Å². The summed E-state index contributed by atoms with van der Waals surface area (Å²) in [5.41, 5.74) is 3.61. The zero-order valence-electron chi connectivity index (χ0n) is 17.5. The first-order chi connectivity index (χ1) is 14.5. The van der Waals surface area contributed by atoms with Crippen molar-refractivity contribution in [3.05, 3.63) is 40.7 Å². The number of hydrogen-bond donors (Lipinski definition) is 4. The number of benzene rings is 1. The molecule has 6 atom stereocenters. The molecule has 1 fully saturated rings. The minimum Gasteiger partial charge on any atom is -0.508 e. The zero-order chi connectivity index (χ0) is 22.8. The number of methoxy groups -OCH3 is 1. The fraction of sp³-hybridized carbons (Fsp3) is 0.500. The summed E-state index contributed by atoms with van der Waals surface area (Å²) in [7, 11) is 4.81. The number of Topliss-reactive ketones (excluding diaryl/α,β-unsaturated/α-hetero) is 2. The average Bonchev–Trinajstić information content (AvgIpc) is 2.69. The van der Waals surface area contributed by atoms with Gasteiger partial charge in [0.05, 0.1) is 11.7 Å². The number of likely N-dealkylation sites (N-methyl/N-ethyl adjacent to an activating group) is 1. The Balaban J connectivity index is 1.94. The summed E-state index contributed by atoms with van der Waals surface area (Å²) in [6, 6.07) is 4.11. The highest BCUT2D eigenvalue weighted by molar-refractivity contribution is 6.15. The second kappa shape index (κ2) is 7.15. The molecule has 0 aliphatic heterocycles. The summed E-state index contributed by atoms with van der Waals surface area (Å²) in [5, 5.41) is 33.0. The largest absolute Gasteiger partial charge is 0.508 e. The van der Waals surface area contributed by atoms with Gasteiger partial charge in [0.25, 0.3) is 0 Å². The first-order valence-electron chi connectivity index (χ1n) is 10.1. The van der Waals surface area contributed by atoms with Crippen molar-refractivity contribution in [1.82, 2.24) is 4.90 Å². The van der Waals surface area contributed by atoms with Crippen LogP contribution < -0.4 is 5.73 Å². The van der Waals surface area contributed by atoms with Gasteiger partial charge in [0, 0.05) is 24.6 Å². The standard InChI is InChI=1S/C22H26N2O7/c1-24(2)16-11-8-10-7-9-5-4-6-12(25)13(9)17(26)14(10)19(27)22(11,30)20(28)15(21(23)29)18(16)31-3/h4-6,10-11,15-16,18,25,27,30H,7-8H2,1-3H3,(H2,23,29)/t10-,11?,15?,16-,18?,22-/m0/s1. The van der Waals surface area contributed by atoms with E-state index in [0.29, 0.717) is 12.0 Å². The van der Waals surface area contributed by atoms with E-state index in [0.717, 1.165) is 0 Å². The summed E-state index contributed by atoms with van der Waals surface area (Å²) in [6.07, 6.45) is -0.362. The van der Waals surface area contributed by atoms with Crippen LogP contribution in [0.5, 0.6) is 5.75 Å². The molecule has 1 aromatic carbocycles. The summed E-state index contributed by atoms with van der Waals surface area (Å²) < 4.78 is 5.50. The van der Waals surface area contributed by atoms with Crippen LogP contribution in [0.4, 0.5) is 0 Å². The molecular formula is C22H26N2O7. The van der Waals surface area contributed by atoms with Gasteiger partial charge >= 0.3 is 0 Å². The van der Waals surface area contributed by atoms with Gasteiger partial charge in [-0.2, -0.15) is 0 Å². The highest BCUT2D eigenvalue weighted by Crippen LogP contribution is 2.52. The number of aliphatic hydroxyl groups excluding tert-OH is 1. The molecule has 9 heteroatoms. The molecule has 0 radical (unpaired) electrons. The zero-order valence-corrected chi connectivity index (χ0v) is 17.5. The summed E-state index contributed by atoms with van der Waals surface area (Å²) in [6.45, 7) is 0. The van der Waals surface area contributed by atoms with Gasteiger partial charge in [-0.05, 0) is 44.5 Å². The highest BCUT2D eigenvalue weighted by atomic mass is 16.5. The maximum Gasteiger partial charge on any atom is 0.230 e. The van der Waals surface area contributed by atoms with Gasteiger partial charge in [-0.15, -0.1) is 0 Å². The van der Waals surface area contributed by atoms with Gasteiger partial charge in [0.1, 0.15) is 17.4 Å². The van der Waals surface area contributed by atoms with Gasteiger partial charge in [-0.25, -0.2) is 0 Å². The Morgan fingerprint density at radius 1 is 1.26 bits per heavy atom. The van der Waals surface area contributed by atoms with Crippen LogP contribution >= 0.6 is 0 Å². The predicted molar refractivity (Wildman–Crippen MR) is 108 cm³/mol. The summed E-state index contributed by atoms with van der Waals surface area (Å²) in [5.74, 6) is -6.38. The molecule has 0 spiro atoms. The lowest BCUT2D eigenvalue weighted by molar-refractivity contribution is -0.181. The number of aliphatic hydroxyl groups is 2. The molecule has 31 heavy (non-hydrogen) atoms. The number of amides is 1. The quantitative estimate of drug-likeness (QED) is 0.487. The number of allylic oxidation sites excluding steroid dienone is 1. The number of fused-ring (bicyclic) bond motifs is 3. The number of carbonyl (C=O) groups is 3. The highest BCUT2D eigenvalue weighted by Gasteiger charge is 2.66. The van der Waals surface area contributed by atoms with Crippen LogP contribution in [0.15, 0.2) is 29.5 Å². The van der Waals surface area contributed by atoms with Crippen LogP contribution in [0.2, 0.25) is 0 Å². The van der Waals surface area contributed by atoms with Crippen LogP contribution in [0, 0.1) is 17.8 Å². The SMILES string of the molecule is COC1C(C(N)=O)C(=O)[C@@]2(O)C(O)=C3C(=O)c4c(O)cccc4C[C@H]3CC2[C@@H]1N(C)C. The van der Waals surface area contributed by atoms with Crippen molar-refractivity contribution < 1.29 is 34.4 Å². The third-order valence-corrected chi connectivity index (χ3v) is 7.08.